The lowest BCUT2D eigenvalue weighted by Gasteiger charge is -2.18. The van der Waals surface area contributed by atoms with Crippen molar-refractivity contribution in [2.45, 2.75) is 0 Å². The summed E-state index contributed by atoms with van der Waals surface area (Å²) in [7, 11) is 0. The average Bonchev–Trinajstić information content (AvgIpc) is 3.69. The summed E-state index contributed by atoms with van der Waals surface area (Å²) in [5, 5.41) is -1.39. The largest absolute Gasteiger partial charge is 0.455 e. The quantitative estimate of drug-likeness (QED) is 0.176. The van der Waals surface area contributed by atoms with Crippen LogP contribution in [0.15, 0.2) is 186 Å². The second-order valence-corrected chi connectivity index (χ2v) is 10.7. The fraction of sp³-hybridized carbons (Fsp3) is 0. The molecule has 1 nitrogen and oxygen atoms in total. The fourth-order valence-electron chi connectivity index (χ4n) is 6.19. The van der Waals surface area contributed by atoms with Crippen LogP contribution in [0.5, 0.6) is 0 Å². The van der Waals surface area contributed by atoms with E-state index in [0.717, 1.165) is 0 Å². The van der Waals surface area contributed by atoms with Gasteiger partial charge in [0, 0.05) is 27.6 Å². The smallest absolute Gasteiger partial charge is 0.143 e. The van der Waals surface area contributed by atoms with E-state index < -0.39 is 125 Å². The molecule has 0 aliphatic rings. The first-order valence-corrected chi connectivity index (χ1v) is 14.7. The lowest BCUT2D eigenvalue weighted by atomic mass is 9.84. The van der Waals surface area contributed by atoms with Crippen LogP contribution in [0.2, 0.25) is 0 Å². The highest BCUT2D eigenvalue weighted by atomic mass is 16.3. The Morgan fingerprint density at radius 3 is 1.47 bits per heavy atom. The van der Waals surface area contributed by atoms with E-state index in [-0.39, 0.29) is 49.8 Å². The zero-order valence-corrected chi connectivity index (χ0v) is 24.4. The van der Waals surface area contributed by atoms with Crippen LogP contribution in [0.3, 0.4) is 0 Å². The van der Waals surface area contributed by atoms with Gasteiger partial charge in [-0.3, -0.25) is 0 Å². The van der Waals surface area contributed by atoms with E-state index in [1.807, 2.05) is 18.2 Å². The molecule has 0 atom stereocenters. The summed E-state index contributed by atoms with van der Waals surface area (Å²) < 4.78 is 161. The third-order valence-electron chi connectivity index (χ3n) is 8.15. The average molecular weight is 616 g/mol. The summed E-state index contributed by atoms with van der Waals surface area (Å²) in [6.07, 6.45) is 0. The second kappa shape index (κ2) is 11.3. The SMILES string of the molecule is [2H]c1c([2H])c([2H])c(-c2c3c([2H])c([2H])c([2H])c([2H])c3c(-c3c(-c4c([2H])c([2H])c([2H])c([2H])c4-c4ccccc4)oc4c(-c5ccccc5)cccc34)c3c([2H])c([2H])c([2H])c([2H])c23)c([2H])c1[2H]. The van der Waals surface area contributed by atoms with Gasteiger partial charge >= 0.3 is 0 Å². The highest BCUT2D eigenvalue weighted by molar-refractivity contribution is 6.25. The summed E-state index contributed by atoms with van der Waals surface area (Å²) in [4.78, 5) is 0. The minimum absolute atomic E-state index is 0.00123. The standard InChI is InChI=1S/C46H30O/c1-4-17-31(18-5-1)34-23-10-15-28-40(34)46-44(41-30-16-29-35(45(41)47-46)32-19-6-2-7-20-32)43-38-26-13-11-24-36(38)42(33-21-8-3-9-22-33)37-25-12-14-27-39(37)43/h1-30H/i3D,8D,9D,10D,11D,12D,13D,14D,15D,21D,22D,23D,24D,25D,26D,27D,28D. The highest BCUT2D eigenvalue weighted by Crippen LogP contribution is 2.51. The predicted octanol–water partition coefficient (Wildman–Crippen LogP) is 13.1. The third kappa shape index (κ3) is 4.47. The van der Waals surface area contributed by atoms with Crippen LogP contribution in [0, 0.1) is 0 Å². The molecule has 0 saturated heterocycles. The van der Waals surface area contributed by atoms with Gasteiger partial charge < -0.3 is 4.42 Å². The van der Waals surface area contributed by atoms with Gasteiger partial charge in [0.25, 0.3) is 0 Å². The maximum atomic E-state index is 9.59. The van der Waals surface area contributed by atoms with E-state index in [1.54, 1.807) is 60.7 Å². The van der Waals surface area contributed by atoms with Crippen molar-refractivity contribution < 1.29 is 27.7 Å². The summed E-state index contributed by atoms with van der Waals surface area (Å²) >= 11 is 0. The topological polar surface area (TPSA) is 13.1 Å². The molecule has 47 heavy (non-hydrogen) atoms. The maximum absolute atomic E-state index is 9.59. The van der Waals surface area contributed by atoms with Crippen molar-refractivity contribution in [1.82, 2.24) is 0 Å². The zero-order valence-electron chi connectivity index (χ0n) is 41.4. The normalized spacial score (nSPS) is 16.5. The molecule has 0 N–H and O–H groups in total. The summed E-state index contributed by atoms with van der Waals surface area (Å²) in [5.74, 6) is -0.234. The molecule has 0 spiro atoms. The van der Waals surface area contributed by atoms with Crippen LogP contribution in [-0.4, -0.2) is 0 Å². The lowest BCUT2D eigenvalue weighted by molar-refractivity contribution is 0.634. The Morgan fingerprint density at radius 1 is 0.340 bits per heavy atom. The Balaban J connectivity index is 1.66. The number of hydrogen-bond acceptors (Lipinski definition) is 1. The second-order valence-electron chi connectivity index (χ2n) is 10.7. The first kappa shape index (κ1) is 14.9. The molecule has 1 heterocycles. The molecular formula is C46H30O. The summed E-state index contributed by atoms with van der Waals surface area (Å²) in [6, 6.07) is 10.3. The molecule has 8 aromatic carbocycles. The molecule has 0 unspecified atom stereocenters. The first-order chi connectivity index (χ1) is 30.4. The zero-order chi connectivity index (χ0) is 46.0. The van der Waals surface area contributed by atoms with Gasteiger partial charge in [0.2, 0.25) is 0 Å². The number of benzene rings is 8. The van der Waals surface area contributed by atoms with Crippen molar-refractivity contribution >= 4 is 32.5 Å². The van der Waals surface area contributed by atoms with E-state index in [9.17, 15) is 8.22 Å². The van der Waals surface area contributed by atoms with E-state index in [0.29, 0.717) is 16.7 Å². The van der Waals surface area contributed by atoms with E-state index >= 15 is 0 Å². The van der Waals surface area contributed by atoms with Crippen molar-refractivity contribution in [3.63, 3.8) is 0 Å². The fourth-order valence-corrected chi connectivity index (χ4v) is 6.19. The number of furan rings is 1. The molecule has 9 rings (SSSR count). The molecule has 9 aromatic rings. The minimum Gasteiger partial charge on any atom is -0.455 e. The van der Waals surface area contributed by atoms with Crippen LogP contribution >= 0.6 is 0 Å². The summed E-state index contributed by atoms with van der Waals surface area (Å²) in [6.45, 7) is 0. The van der Waals surface area contributed by atoms with Gasteiger partial charge in [-0.05, 0) is 49.4 Å². The van der Waals surface area contributed by atoms with Gasteiger partial charge in [-0.1, -0.05) is 182 Å². The number of hydrogen-bond donors (Lipinski definition) is 0. The van der Waals surface area contributed by atoms with Crippen molar-refractivity contribution in [3.05, 3.63) is 182 Å². The van der Waals surface area contributed by atoms with Gasteiger partial charge in [-0.2, -0.15) is 0 Å². The number of para-hydroxylation sites is 1. The maximum Gasteiger partial charge on any atom is 0.143 e. The predicted molar refractivity (Wildman–Crippen MR) is 198 cm³/mol. The Hall–Kier alpha value is -6.18. The first-order valence-electron chi connectivity index (χ1n) is 23.2. The van der Waals surface area contributed by atoms with Crippen LogP contribution in [0.4, 0.5) is 0 Å². The molecule has 0 radical (unpaired) electrons. The van der Waals surface area contributed by atoms with Crippen molar-refractivity contribution in [1.29, 1.82) is 0 Å². The van der Waals surface area contributed by atoms with Gasteiger partial charge in [0.15, 0.2) is 0 Å². The van der Waals surface area contributed by atoms with E-state index in [2.05, 4.69) is 0 Å². The molecule has 1 heteroatoms. The summed E-state index contributed by atoms with van der Waals surface area (Å²) in [5.41, 5.74) is 0.163. The van der Waals surface area contributed by atoms with Gasteiger partial charge in [-0.15, -0.1) is 0 Å². The Labute approximate surface area is 297 Å². The monoisotopic (exact) mass is 615 g/mol. The van der Waals surface area contributed by atoms with E-state index in [4.69, 9.17) is 19.5 Å². The van der Waals surface area contributed by atoms with Crippen molar-refractivity contribution in [3.8, 4) is 55.8 Å². The van der Waals surface area contributed by atoms with Crippen LogP contribution in [0.1, 0.15) is 23.3 Å². The van der Waals surface area contributed by atoms with Gasteiger partial charge in [0.1, 0.15) is 11.3 Å². The minimum atomic E-state index is -0.800. The molecule has 0 aliphatic heterocycles. The molecular weight excluding hydrogens is 569 g/mol. The third-order valence-corrected chi connectivity index (χ3v) is 8.15. The highest BCUT2D eigenvalue weighted by Gasteiger charge is 2.26. The Bertz CT molecular complexity index is 3400. The van der Waals surface area contributed by atoms with Crippen molar-refractivity contribution in [2.24, 2.45) is 0 Å². The van der Waals surface area contributed by atoms with Crippen molar-refractivity contribution in [2.75, 3.05) is 0 Å². The van der Waals surface area contributed by atoms with Gasteiger partial charge in [-0.25, -0.2) is 0 Å². The lowest BCUT2D eigenvalue weighted by Crippen LogP contribution is -1.92. The van der Waals surface area contributed by atoms with Crippen LogP contribution in [0.25, 0.3) is 88.3 Å². The molecule has 0 fully saturated rings. The van der Waals surface area contributed by atoms with Crippen LogP contribution < -0.4 is 0 Å². The number of fused-ring (bicyclic) bond motifs is 3. The molecule has 0 saturated carbocycles. The molecule has 220 valence electrons. The van der Waals surface area contributed by atoms with E-state index in [1.165, 1.54) is 0 Å². The van der Waals surface area contributed by atoms with Gasteiger partial charge in [0.05, 0.1) is 23.3 Å². The Kier molecular flexibility index (Phi) is 3.60. The molecule has 0 aliphatic carbocycles. The molecule has 0 amide bonds. The molecule has 1 aromatic heterocycles. The number of rotatable bonds is 5. The molecule has 0 bridgehead atoms. The Morgan fingerprint density at radius 2 is 0.851 bits per heavy atom. The van der Waals surface area contributed by atoms with Crippen LogP contribution in [-0.2, 0) is 0 Å².